The van der Waals surface area contributed by atoms with Gasteiger partial charge in [0, 0.05) is 5.69 Å². The van der Waals surface area contributed by atoms with E-state index in [0.717, 1.165) is 17.2 Å². The predicted molar refractivity (Wildman–Crippen MR) is 86.9 cm³/mol. The lowest BCUT2D eigenvalue weighted by Crippen LogP contribution is -2.04. The van der Waals surface area contributed by atoms with E-state index in [9.17, 15) is 0 Å². The zero-order valence-electron chi connectivity index (χ0n) is 12.2. The first kappa shape index (κ1) is 13.2. The Balaban J connectivity index is 1.83. The zero-order chi connectivity index (χ0) is 13.9. The molecule has 20 heavy (non-hydrogen) atoms. The molecule has 104 valence electrons. The molecule has 1 fully saturated rings. The van der Waals surface area contributed by atoms with Crippen LogP contribution in [0.1, 0.15) is 49.1 Å². The third-order valence-electron chi connectivity index (χ3n) is 4.60. The van der Waals surface area contributed by atoms with E-state index in [4.69, 9.17) is 5.73 Å². The number of hydrogen-bond acceptors (Lipinski definition) is 1. The molecule has 1 nitrogen and oxygen atoms in total. The lowest BCUT2D eigenvalue weighted by molar-refractivity contribution is 0.443. The van der Waals surface area contributed by atoms with Crippen LogP contribution in [0.3, 0.4) is 0 Å². The van der Waals surface area contributed by atoms with E-state index in [1.54, 1.807) is 0 Å². The highest BCUT2D eigenvalue weighted by Crippen LogP contribution is 2.33. The predicted octanol–water partition coefficient (Wildman–Crippen LogP) is 5.29. The maximum Gasteiger partial charge on any atom is 0.0349 e. The molecule has 0 heterocycles. The fraction of sp³-hybridized carbons (Fsp3) is 0.368. The van der Waals surface area contributed by atoms with Gasteiger partial charge in [0.15, 0.2) is 0 Å². The van der Waals surface area contributed by atoms with Crippen LogP contribution in [0.25, 0.3) is 11.1 Å². The topological polar surface area (TPSA) is 26.0 Å². The molecule has 2 N–H and O–H groups in total. The van der Waals surface area contributed by atoms with E-state index in [-0.39, 0.29) is 0 Å². The lowest BCUT2D eigenvalue weighted by Gasteiger charge is -2.22. The summed E-state index contributed by atoms with van der Waals surface area (Å²) in [5.41, 5.74) is 12.0. The Kier molecular flexibility index (Phi) is 3.77. The third kappa shape index (κ3) is 2.72. The molecule has 0 aromatic heterocycles. The van der Waals surface area contributed by atoms with Crippen molar-refractivity contribution in [2.24, 2.45) is 0 Å². The van der Waals surface area contributed by atoms with Gasteiger partial charge in [-0.05, 0) is 54.0 Å². The maximum absolute atomic E-state index is 6.00. The fourth-order valence-electron chi connectivity index (χ4n) is 3.20. The first-order valence-corrected chi connectivity index (χ1v) is 7.70. The average molecular weight is 265 g/mol. The van der Waals surface area contributed by atoms with Gasteiger partial charge in [0.05, 0.1) is 0 Å². The number of hydrogen-bond donors (Lipinski definition) is 1. The zero-order valence-corrected chi connectivity index (χ0v) is 12.2. The van der Waals surface area contributed by atoms with Gasteiger partial charge in [-0.25, -0.2) is 0 Å². The van der Waals surface area contributed by atoms with Crippen LogP contribution in [0, 0.1) is 6.92 Å². The van der Waals surface area contributed by atoms with Crippen molar-refractivity contribution in [3.63, 3.8) is 0 Å². The van der Waals surface area contributed by atoms with Crippen LogP contribution >= 0.6 is 0 Å². The van der Waals surface area contributed by atoms with E-state index >= 15 is 0 Å². The van der Waals surface area contributed by atoms with Crippen molar-refractivity contribution in [3.05, 3.63) is 53.6 Å². The highest BCUT2D eigenvalue weighted by atomic mass is 14.5. The van der Waals surface area contributed by atoms with E-state index in [0.29, 0.717) is 0 Å². The molecule has 1 saturated carbocycles. The molecule has 1 aliphatic carbocycles. The average Bonchev–Trinajstić information content (AvgIpc) is 2.51. The van der Waals surface area contributed by atoms with Gasteiger partial charge in [-0.1, -0.05) is 55.7 Å². The Hall–Kier alpha value is -1.76. The Labute approximate surface area is 121 Å². The number of benzene rings is 2. The highest BCUT2D eigenvalue weighted by Gasteiger charge is 2.15. The monoisotopic (exact) mass is 265 g/mol. The summed E-state index contributed by atoms with van der Waals surface area (Å²) < 4.78 is 0. The van der Waals surface area contributed by atoms with Crippen LogP contribution in [0.5, 0.6) is 0 Å². The first-order chi connectivity index (χ1) is 9.74. The lowest BCUT2D eigenvalue weighted by atomic mass is 9.83. The molecule has 0 spiro atoms. The fourth-order valence-corrected chi connectivity index (χ4v) is 3.20. The van der Waals surface area contributed by atoms with E-state index in [2.05, 4.69) is 42.5 Å². The normalized spacial score (nSPS) is 16.2. The van der Waals surface area contributed by atoms with Crippen molar-refractivity contribution in [2.45, 2.75) is 44.9 Å². The van der Waals surface area contributed by atoms with E-state index in [1.807, 2.05) is 6.92 Å². The number of aryl methyl sites for hydroxylation is 1. The second-order valence-electron chi connectivity index (χ2n) is 6.03. The molecule has 0 amide bonds. The minimum atomic E-state index is 0.779. The van der Waals surface area contributed by atoms with Crippen molar-refractivity contribution >= 4 is 5.69 Å². The van der Waals surface area contributed by atoms with Crippen LogP contribution in [0.2, 0.25) is 0 Å². The van der Waals surface area contributed by atoms with Gasteiger partial charge in [0.25, 0.3) is 0 Å². The van der Waals surface area contributed by atoms with Gasteiger partial charge in [-0.3, -0.25) is 0 Å². The summed E-state index contributed by atoms with van der Waals surface area (Å²) in [5, 5.41) is 0. The maximum atomic E-state index is 6.00. The van der Waals surface area contributed by atoms with Gasteiger partial charge in [-0.15, -0.1) is 0 Å². The van der Waals surface area contributed by atoms with Gasteiger partial charge < -0.3 is 5.73 Å². The largest absolute Gasteiger partial charge is 0.398 e. The summed E-state index contributed by atoms with van der Waals surface area (Å²) in [4.78, 5) is 0. The minimum Gasteiger partial charge on any atom is -0.398 e. The van der Waals surface area contributed by atoms with Crippen LogP contribution in [-0.2, 0) is 0 Å². The van der Waals surface area contributed by atoms with Crippen molar-refractivity contribution < 1.29 is 0 Å². The SMILES string of the molecule is Cc1ccc(-c2ccc(C3CCCCC3)cc2)cc1N. The second kappa shape index (κ2) is 5.70. The van der Waals surface area contributed by atoms with Crippen molar-refractivity contribution in [1.82, 2.24) is 0 Å². The van der Waals surface area contributed by atoms with Gasteiger partial charge in [-0.2, -0.15) is 0 Å². The highest BCUT2D eigenvalue weighted by molar-refractivity contribution is 5.69. The Morgan fingerprint density at radius 3 is 2.15 bits per heavy atom. The van der Waals surface area contributed by atoms with Crippen molar-refractivity contribution in [2.75, 3.05) is 5.73 Å². The van der Waals surface area contributed by atoms with Crippen molar-refractivity contribution in [3.8, 4) is 11.1 Å². The number of rotatable bonds is 2. The standard InChI is InChI=1S/C19H23N/c1-14-7-8-18(13-19(14)20)17-11-9-16(10-12-17)15-5-3-2-4-6-15/h7-13,15H,2-6,20H2,1H3. The molecule has 3 rings (SSSR count). The van der Waals surface area contributed by atoms with Gasteiger partial charge >= 0.3 is 0 Å². The Morgan fingerprint density at radius 1 is 0.850 bits per heavy atom. The first-order valence-electron chi connectivity index (χ1n) is 7.70. The number of nitrogens with two attached hydrogens (primary N) is 1. The number of nitrogen functional groups attached to an aromatic ring is 1. The second-order valence-corrected chi connectivity index (χ2v) is 6.03. The summed E-state index contributed by atoms with van der Waals surface area (Å²) >= 11 is 0. The van der Waals surface area contributed by atoms with Crippen LogP contribution in [-0.4, -0.2) is 0 Å². The van der Waals surface area contributed by atoms with E-state index < -0.39 is 0 Å². The molecule has 0 unspecified atom stereocenters. The van der Waals surface area contributed by atoms with Gasteiger partial charge in [0.1, 0.15) is 0 Å². The third-order valence-corrected chi connectivity index (χ3v) is 4.60. The minimum absolute atomic E-state index is 0.779. The smallest absolute Gasteiger partial charge is 0.0349 e. The molecule has 0 radical (unpaired) electrons. The Morgan fingerprint density at radius 2 is 1.50 bits per heavy atom. The summed E-state index contributed by atoms with van der Waals surface area (Å²) in [5.74, 6) is 0.779. The van der Waals surface area contributed by atoms with Crippen molar-refractivity contribution in [1.29, 1.82) is 0 Å². The molecular formula is C19H23N. The number of anilines is 1. The molecule has 0 bridgehead atoms. The van der Waals surface area contributed by atoms with Gasteiger partial charge in [0.2, 0.25) is 0 Å². The molecule has 1 heteroatoms. The summed E-state index contributed by atoms with van der Waals surface area (Å²) in [6, 6.07) is 15.4. The molecule has 2 aromatic carbocycles. The van der Waals surface area contributed by atoms with Crippen LogP contribution in [0.15, 0.2) is 42.5 Å². The summed E-state index contributed by atoms with van der Waals surface area (Å²) in [7, 11) is 0. The Bertz CT molecular complexity index is 577. The van der Waals surface area contributed by atoms with Crippen LogP contribution in [0.4, 0.5) is 5.69 Å². The quantitative estimate of drug-likeness (QED) is 0.733. The summed E-state index contributed by atoms with van der Waals surface area (Å²) in [6.45, 7) is 2.05. The summed E-state index contributed by atoms with van der Waals surface area (Å²) in [6.07, 6.45) is 6.91. The van der Waals surface area contributed by atoms with E-state index in [1.165, 1.54) is 48.8 Å². The molecule has 1 aliphatic rings. The molecule has 0 saturated heterocycles. The molecular weight excluding hydrogens is 242 g/mol. The molecule has 0 atom stereocenters. The van der Waals surface area contributed by atoms with Crippen LogP contribution < -0.4 is 5.73 Å². The molecule has 2 aromatic rings. The molecule has 0 aliphatic heterocycles.